The minimum atomic E-state index is -0.213. The van der Waals surface area contributed by atoms with E-state index in [1.807, 2.05) is 37.4 Å². The van der Waals surface area contributed by atoms with Crippen LogP contribution in [0.4, 0.5) is 4.39 Å². The predicted octanol–water partition coefficient (Wildman–Crippen LogP) is 4.14. The molecule has 29 heavy (non-hydrogen) atoms. The van der Waals surface area contributed by atoms with E-state index in [-0.39, 0.29) is 11.9 Å². The Labute approximate surface area is 167 Å². The van der Waals surface area contributed by atoms with Crippen molar-refractivity contribution in [3.8, 4) is 11.5 Å². The van der Waals surface area contributed by atoms with Crippen LogP contribution in [-0.4, -0.2) is 35.8 Å². The molecule has 0 amide bonds. The maximum Gasteiger partial charge on any atom is 0.171 e. The Hall–Kier alpha value is -3.12. The molecule has 0 bridgehead atoms. The van der Waals surface area contributed by atoms with Crippen LogP contribution >= 0.6 is 0 Å². The average molecular weight is 391 g/mol. The van der Waals surface area contributed by atoms with Crippen LogP contribution in [0.15, 0.2) is 48.7 Å². The van der Waals surface area contributed by atoms with Gasteiger partial charge in [-0.05, 0) is 67.9 Å². The predicted molar refractivity (Wildman–Crippen MR) is 111 cm³/mol. The van der Waals surface area contributed by atoms with Crippen LogP contribution in [0.1, 0.15) is 11.3 Å². The summed E-state index contributed by atoms with van der Waals surface area (Å²) < 4.78 is 25.6. The number of H-pyrrole nitrogens is 1. The van der Waals surface area contributed by atoms with Crippen molar-refractivity contribution >= 4 is 21.8 Å². The summed E-state index contributed by atoms with van der Waals surface area (Å²) in [7, 11) is 0. The van der Waals surface area contributed by atoms with Crippen molar-refractivity contribution in [1.82, 2.24) is 15.3 Å². The summed E-state index contributed by atoms with van der Waals surface area (Å²) in [6.45, 7) is 3.92. The topological polar surface area (TPSA) is 59.2 Å². The summed E-state index contributed by atoms with van der Waals surface area (Å²) in [5.74, 6) is 1.31. The maximum absolute atomic E-state index is 13.5. The van der Waals surface area contributed by atoms with Crippen molar-refractivity contribution in [1.29, 1.82) is 0 Å². The molecule has 148 valence electrons. The number of aromatic amines is 1. The van der Waals surface area contributed by atoms with Crippen LogP contribution in [0.5, 0.6) is 11.5 Å². The van der Waals surface area contributed by atoms with Crippen molar-refractivity contribution in [3.63, 3.8) is 0 Å². The number of hydrogen-bond donors (Lipinski definition) is 2. The number of fused-ring (bicyclic) bond motifs is 4. The molecule has 0 spiro atoms. The van der Waals surface area contributed by atoms with Gasteiger partial charge in [-0.1, -0.05) is 0 Å². The standard InChI is InChI=1S/C23H22FN3O2/c1-14-2-4-18-21(27-14)6-7-22-23(18)29-17(13-28-22)12-25-9-8-15-11-26-20-5-3-16(24)10-19(15)20/h2-7,10-11,17,25-26H,8-9,12-13H2,1H3. The van der Waals surface area contributed by atoms with Gasteiger partial charge in [0.2, 0.25) is 0 Å². The van der Waals surface area contributed by atoms with Crippen LogP contribution < -0.4 is 14.8 Å². The number of halogens is 1. The number of nitrogens with zero attached hydrogens (tertiary/aromatic N) is 1. The Balaban J connectivity index is 1.22. The van der Waals surface area contributed by atoms with Crippen LogP contribution in [0, 0.1) is 12.7 Å². The second-order valence-corrected chi connectivity index (χ2v) is 7.42. The minimum absolute atomic E-state index is 0.0742. The van der Waals surface area contributed by atoms with Crippen LogP contribution in [0.25, 0.3) is 21.8 Å². The monoisotopic (exact) mass is 391 g/mol. The van der Waals surface area contributed by atoms with E-state index < -0.39 is 0 Å². The molecule has 4 aromatic rings. The van der Waals surface area contributed by atoms with Gasteiger partial charge < -0.3 is 19.8 Å². The molecule has 5 nitrogen and oxygen atoms in total. The number of rotatable bonds is 5. The summed E-state index contributed by atoms with van der Waals surface area (Å²) in [5, 5.41) is 5.34. The van der Waals surface area contributed by atoms with E-state index in [0.717, 1.165) is 57.5 Å². The molecule has 0 saturated heterocycles. The largest absolute Gasteiger partial charge is 0.486 e. The Morgan fingerprint density at radius 2 is 2.10 bits per heavy atom. The number of pyridine rings is 1. The van der Waals surface area contributed by atoms with Crippen molar-refractivity contribution in [2.24, 2.45) is 0 Å². The van der Waals surface area contributed by atoms with E-state index >= 15 is 0 Å². The van der Waals surface area contributed by atoms with Crippen molar-refractivity contribution in [2.75, 3.05) is 19.7 Å². The summed E-state index contributed by atoms with van der Waals surface area (Å²) in [6.07, 6.45) is 2.68. The molecular formula is C23H22FN3O2. The smallest absolute Gasteiger partial charge is 0.171 e. The maximum atomic E-state index is 13.5. The van der Waals surface area contributed by atoms with E-state index in [4.69, 9.17) is 9.47 Å². The third-order valence-electron chi connectivity index (χ3n) is 5.31. The van der Waals surface area contributed by atoms with Gasteiger partial charge in [0, 0.05) is 34.7 Å². The molecule has 5 rings (SSSR count). The second-order valence-electron chi connectivity index (χ2n) is 7.42. The number of aryl methyl sites for hydroxylation is 1. The number of nitrogens with one attached hydrogen (secondary N) is 2. The fourth-order valence-corrected chi connectivity index (χ4v) is 3.82. The second kappa shape index (κ2) is 7.37. The fraction of sp³-hybridized carbons (Fsp3) is 0.261. The van der Waals surface area contributed by atoms with Gasteiger partial charge >= 0.3 is 0 Å². The Kier molecular flexibility index (Phi) is 4.56. The molecule has 1 aliphatic heterocycles. The lowest BCUT2D eigenvalue weighted by molar-refractivity contribution is 0.0926. The molecule has 2 aromatic heterocycles. The molecule has 6 heteroatoms. The lowest BCUT2D eigenvalue weighted by Gasteiger charge is -2.27. The highest BCUT2D eigenvalue weighted by molar-refractivity contribution is 5.88. The first kappa shape index (κ1) is 17.9. The average Bonchev–Trinajstić information content (AvgIpc) is 3.12. The first-order valence-electron chi connectivity index (χ1n) is 9.83. The molecule has 3 heterocycles. The molecule has 2 N–H and O–H groups in total. The molecule has 0 saturated carbocycles. The van der Waals surface area contributed by atoms with E-state index in [2.05, 4.69) is 15.3 Å². The van der Waals surface area contributed by atoms with Gasteiger partial charge in [0.05, 0.1) is 5.52 Å². The van der Waals surface area contributed by atoms with Crippen molar-refractivity contribution in [2.45, 2.75) is 19.4 Å². The number of hydrogen-bond acceptors (Lipinski definition) is 4. The molecule has 1 atom stereocenters. The lowest BCUT2D eigenvalue weighted by atomic mass is 10.1. The quantitative estimate of drug-likeness (QED) is 0.502. The van der Waals surface area contributed by atoms with Crippen molar-refractivity contribution < 1.29 is 13.9 Å². The van der Waals surface area contributed by atoms with Gasteiger partial charge in [-0.3, -0.25) is 4.98 Å². The molecule has 1 aliphatic rings. The molecule has 0 radical (unpaired) electrons. The van der Waals surface area contributed by atoms with E-state index in [0.29, 0.717) is 13.2 Å². The molecule has 0 fully saturated rings. The number of benzene rings is 2. The first-order chi connectivity index (χ1) is 14.2. The highest BCUT2D eigenvalue weighted by Crippen LogP contribution is 2.38. The lowest BCUT2D eigenvalue weighted by Crippen LogP contribution is -2.39. The van der Waals surface area contributed by atoms with Crippen LogP contribution in [0.2, 0.25) is 0 Å². The first-order valence-corrected chi connectivity index (χ1v) is 9.83. The zero-order chi connectivity index (χ0) is 19.8. The van der Waals surface area contributed by atoms with E-state index in [9.17, 15) is 4.39 Å². The van der Waals surface area contributed by atoms with Gasteiger partial charge in [-0.2, -0.15) is 0 Å². The third kappa shape index (κ3) is 3.51. The summed E-state index contributed by atoms with van der Waals surface area (Å²) in [4.78, 5) is 7.76. The Morgan fingerprint density at radius 3 is 3.03 bits per heavy atom. The SMILES string of the molecule is Cc1ccc2c3c(ccc2n1)OCC(CNCCc1c[nH]c2ccc(F)cc12)O3. The van der Waals surface area contributed by atoms with Gasteiger partial charge in [-0.15, -0.1) is 0 Å². The van der Waals surface area contributed by atoms with E-state index in [1.165, 1.54) is 6.07 Å². The highest BCUT2D eigenvalue weighted by atomic mass is 19.1. The Bertz CT molecular complexity index is 1190. The molecular weight excluding hydrogens is 369 g/mol. The van der Waals surface area contributed by atoms with Crippen LogP contribution in [-0.2, 0) is 6.42 Å². The fourth-order valence-electron chi connectivity index (χ4n) is 3.82. The normalized spacial score (nSPS) is 15.9. The van der Waals surface area contributed by atoms with Crippen LogP contribution in [0.3, 0.4) is 0 Å². The summed E-state index contributed by atoms with van der Waals surface area (Å²) in [5.41, 5.74) is 3.94. The Morgan fingerprint density at radius 1 is 1.17 bits per heavy atom. The third-order valence-corrected chi connectivity index (χ3v) is 5.31. The van der Waals surface area contributed by atoms with Gasteiger partial charge in [0.15, 0.2) is 11.5 Å². The number of ether oxygens (including phenoxy) is 2. The van der Waals surface area contributed by atoms with E-state index in [1.54, 1.807) is 12.1 Å². The number of aromatic nitrogens is 2. The summed E-state index contributed by atoms with van der Waals surface area (Å²) >= 11 is 0. The molecule has 1 unspecified atom stereocenters. The van der Waals surface area contributed by atoms with Gasteiger partial charge in [-0.25, -0.2) is 4.39 Å². The summed E-state index contributed by atoms with van der Waals surface area (Å²) in [6, 6.07) is 12.7. The van der Waals surface area contributed by atoms with Gasteiger partial charge in [0.1, 0.15) is 18.5 Å². The highest BCUT2D eigenvalue weighted by Gasteiger charge is 2.23. The van der Waals surface area contributed by atoms with Gasteiger partial charge in [0.25, 0.3) is 0 Å². The zero-order valence-corrected chi connectivity index (χ0v) is 16.2. The molecule has 2 aromatic carbocycles. The molecule has 0 aliphatic carbocycles. The minimum Gasteiger partial charge on any atom is -0.486 e. The van der Waals surface area contributed by atoms with Crippen molar-refractivity contribution in [3.05, 3.63) is 65.7 Å². The zero-order valence-electron chi connectivity index (χ0n) is 16.2.